The Labute approximate surface area is 191 Å². The summed E-state index contributed by atoms with van der Waals surface area (Å²) in [7, 11) is 0. The van der Waals surface area contributed by atoms with Crippen molar-refractivity contribution >= 4 is 0 Å². The van der Waals surface area contributed by atoms with E-state index in [-0.39, 0.29) is 6.61 Å². The van der Waals surface area contributed by atoms with Crippen molar-refractivity contribution in [2.45, 2.75) is 110 Å². The molecule has 0 aromatic heterocycles. The number of hydrogen-bond acceptors (Lipinski definition) is 2. The molecule has 2 aliphatic carbocycles. The average molecular weight is 429 g/mol. The molecule has 1 aromatic carbocycles. The van der Waals surface area contributed by atoms with E-state index in [4.69, 9.17) is 0 Å². The van der Waals surface area contributed by atoms with Gasteiger partial charge in [-0.3, -0.25) is 0 Å². The lowest BCUT2D eigenvalue weighted by Gasteiger charge is -2.38. The Bertz CT molecular complexity index is 619. The van der Waals surface area contributed by atoms with E-state index in [1.54, 1.807) is 0 Å². The molecule has 0 amide bonds. The fraction of sp³-hybridized carbons (Fsp3) is 0.793. The van der Waals surface area contributed by atoms with Crippen LogP contribution in [0.4, 0.5) is 0 Å². The number of aryl methyl sites for hydroxylation is 1. The summed E-state index contributed by atoms with van der Waals surface area (Å²) >= 11 is 0. The molecule has 2 saturated carbocycles. The average Bonchev–Trinajstić information content (AvgIpc) is 2.79. The van der Waals surface area contributed by atoms with Gasteiger partial charge in [0, 0.05) is 5.41 Å². The van der Waals surface area contributed by atoms with Gasteiger partial charge in [0.2, 0.25) is 0 Å². The van der Waals surface area contributed by atoms with Crippen LogP contribution in [-0.4, -0.2) is 22.9 Å². The molecule has 31 heavy (non-hydrogen) atoms. The van der Waals surface area contributed by atoms with Gasteiger partial charge in [-0.05, 0) is 79.7 Å². The Hall–Kier alpha value is -0.860. The molecular weight excluding hydrogens is 380 g/mol. The first kappa shape index (κ1) is 24.8. The molecule has 176 valence electrons. The zero-order valence-corrected chi connectivity index (χ0v) is 20.5. The maximum atomic E-state index is 10.4. The van der Waals surface area contributed by atoms with Gasteiger partial charge in [0.15, 0.2) is 0 Å². The van der Waals surface area contributed by atoms with Gasteiger partial charge in [0.1, 0.15) is 0 Å². The third kappa shape index (κ3) is 7.32. The van der Waals surface area contributed by atoms with Gasteiger partial charge in [-0.2, -0.15) is 0 Å². The van der Waals surface area contributed by atoms with Crippen LogP contribution >= 0.6 is 0 Å². The molecule has 2 N–H and O–H groups in total. The highest BCUT2D eigenvalue weighted by atomic mass is 16.3. The Morgan fingerprint density at radius 3 is 1.77 bits per heavy atom. The van der Waals surface area contributed by atoms with Gasteiger partial charge < -0.3 is 10.2 Å². The van der Waals surface area contributed by atoms with Crippen LogP contribution < -0.4 is 0 Å². The monoisotopic (exact) mass is 428 g/mol. The van der Waals surface area contributed by atoms with Crippen LogP contribution in [-0.2, 0) is 12.8 Å². The number of benzene rings is 1. The van der Waals surface area contributed by atoms with Gasteiger partial charge in [-0.1, -0.05) is 83.6 Å². The quantitative estimate of drug-likeness (QED) is 0.423. The highest BCUT2D eigenvalue weighted by Crippen LogP contribution is 2.43. The summed E-state index contributed by atoms with van der Waals surface area (Å²) in [6, 6.07) is 8.82. The SMILES string of the molecule is CCC[C@H]1CC[C@H](C2CCC(CCc3ccc(CC(O)C(C)(C)CO)cc3)CC2)CC1. The Kier molecular flexibility index (Phi) is 9.47. The summed E-state index contributed by atoms with van der Waals surface area (Å²) < 4.78 is 0. The molecule has 0 heterocycles. The molecule has 1 atom stereocenters. The van der Waals surface area contributed by atoms with Crippen molar-refractivity contribution in [1.29, 1.82) is 0 Å². The normalized spacial score (nSPS) is 28.4. The van der Waals surface area contributed by atoms with Crippen molar-refractivity contribution in [3.05, 3.63) is 35.4 Å². The summed E-state index contributed by atoms with van der Waals surface area (Å²) in [4.78, 5) is 0. The van der Waals surface area contributed by atoms with Crippen LogP contribution in [0.25, 0.3) is 0 Å². The lowest BCUT2D eigenvalue weighted by molar-refractivity contribution is 0.00846. The lowest BCUT2D eigenvalue weighted by Crippen LogP contribution is -2.34. The summed E-state index contributed by atoms with van der Waals surface area (Å²) in [5, 5.41) is 19.8. The van der Waals surface area contributed by atoms with Crippen molar-refractivity contribution in [3.63, 3.8) is 0 Å². The maximum Gasteiger partial charge on any atom is 0.0653 e. The Morgan fingerprint density at radius 2 is 1.29 bits per heavy atom. The third-order valence-electron chi connectivity index (χ3n) is 8.75. The first-order chi connectivity index (χ1) is 14.9. The molecule has 1 unspecified atom stereocenters. The fourth-order valence-electron chi connectivity index (χ4n) is 6.12. The Balaban J connectivity index is 1.36. The van der Waals surface area contributed by atoms with Crippen LogP contribution in [0.3, 0.4) is 0 Å². The topological polar surface area (TPSA) is 40.5 Å². The standard InChI is InChI=1S/C29H48O2/c1-4-5-22-12-16-26(17-13-22)27-18-14-24(15-19-27)7-6-23-8-10-25(11-9-23)20-28(31)29(2,3)21-30/h8-11,22,24,26-28,30-31H,4-7,12-21H2,1-3H3/t22-,24?,26-,27?,28?. The van der Waals surface area contributed by atoms with E-state index in [9.17, 15) is 10.2 Å². The molecule has 2 nitrogen and oxygen atoms in total. The zero-order chi connectivity index (χ0) is 22.3. The molecule has 0 aliphatic heterocycles. The molecule has 0 spiro atoms. The molecule has 3 rings (SSSR count). The molecule has 0 bridgehead atoms. The van der Waals surface area contributed by atoms with E-state index in [1.165, 1.54) is 82.6 Å². The van der Waals surface area contributed by atoms with E-state index in [0.717, 1.165) is 29.2 Å². The molecule has 0 radical (unpaired) electrons. The minimum Gasteiger partial charge on any atom is -0.396 e. The van der Waals surface area contributed by atoms with E-state index >= 15 is 0 Å². The van der Waals surface area contributed by atoms with E-state index < -0.39 is 11.5 Å². The second kappa shape index (κ2) is 11.8. The number of rotatable bonds is 10. The minimum atomic E-state index is -0.514. The molecule has 2 fully saturated rings. The number of aliphatic hydroxyl groups excluding tert-OH is 2. The van der Waals surface area contributed by atoms with Crippen LogP contribution in [0.1, 0.15) is 103 Å². The third-order valence-corrected chi connectivity index (χ3v) is 8.75. The molecule has 1 aromatic rings. The summed E-state index contributed by atoms with van der Waals surface area (Å²) in [5.74, 6) is 4.01. The maximum absolute atomic E-state index is 10.4. The lowest BCUT2D eigenvalue weighted by atomic mass is 9.68. The van der Waals surface area contributed by atoms with Crippen molar-refractivity contribution < 1.29 is 10.2 Å². The van der Waals surface area contributed by atoms with Gasteiger partial charge in [-0.25, -0.2) is 0 Å². The number of aliphatic hydroxyl groups is 2. The largest absolute Gasteiger partial charge is 0.396 e. The van der Waals surface area contributed by atoms with E-state index in [0.29, 0.717) is 6.42 Å². The summed E-state index contributed by atoms with van der Waals surface area (Å²) in [5.41, 5.74) is 2.13. The predicted molar refractivity (Wildman–Crippen MR) is 131 cm³/mol. The zero-order valence-electron chi connectivity index (χ0n) is 20.5. The summed E-state index contributed by atoms with van der Waals surface area (Å²) in [6.45, 7) is 6.18. The van der Waals surface area contributed by atoms with E-state index in [2.05, 4.69) is 31.2 Å². The van der Waals surface area contributed by atoms with Crippen molar-refractivity contribution in [3.8, 4) is 0 Å². The Morgan fingerprint density at radius 1 is 0.806 bits per heavy atom. The highest BCUT2D eigenvalue weighted by molar-refractivity contribution is 5.23. The second-order valence-electron chi connectivity index (χ2n) is 11.6. The van der Waals surface area contributed by atoms with Gasteiger partial charge in [0.25, 0.3) is 0 Å². The van der Waals surface area contributed by atoms with Crippen LogP contribution in [0.5, 0.6) is 0 Å². The van der Waals surface area contributed by atoms with Gasteiger partial charge in [-0.15, -0.1) is 0 Å². The highest BCUT2D eigenvalue weighted by Gasteiger charge is 2.30. The molecular formula is C29H48O2. The fourth-order valence-corrected chi connectivity index (χ4v) is 6.12. The van der Waals surface area contributed by atoms with Gasteiger partial charge >= 0.3 is 0 Å². The first-order valence-electron chi connectivity index (χ1n) is 13.3. The van der Waals surface area contributed by atoms with Crippen molar-refractivity contribution in [2.24, 2.45) is 29.1 Å². The molecule has 0 saturated heterocycles. The van der Waals surface area contributed by atoms with Crippen LogP contribution in [0.2, 0.25) is 0 Å². The molecule has 2 heteroatoms. The summed E-state index contributed by atoms with van der Waals surface area (Å²) in [6.07, 6.45) is 17.3. The van der Waals surface area contributed by atoms with E-state index in [1.807, 2.05) is 13.8 Å². The van der Waals surface area contributed by atoms with Crippen molar-refractivity contribution in [1.82, 2.24) is 0 Å². The van der Waals surface area contributed by atoms with Crippen LogP contribution in [0, 0.1) is 29.1 Å². The molecule has 2 aliphatic rings. The first-order valence-corrected chi connectivity index (χ1v) is 13.3. The van der Waals surface area contributed by atoms with Gasteiger partial charge in [0.05, 0.1) is 12.7 Å². The second-order valence-corrected chi connectivity index (χ2v) is 11.6. The predicted octanol–water partition coefficient (Wildman–Crippen LogP) is 6.95. The minimum absolute atomic E-state index is 0.00855. The van der Waals surface area contributed by atoms with Crippen molar-refractivity contribution in [2.75, 3.05) is 6.61 Å². The number of hydrogen-bond donors (Lipinski definition) is 2. The smallest absolute Gasteiger partial charge is 0.0653 e. The van der Waals surface area contributed by atoms with Crippen LogP contribution in [0.15, 0.2) is 24.3 Å².